The molecule has 0 aliphatic carbocycles. The highest BCUT2D eigenvalue weighted by molar-refractivity contribution is 8.08. The number of anilines is 1. The van der Waals surface area contributed by atoms with E-state index in [1.807, 2.05) is 21.0 Å². The Labute approximate surface area is 181 Å². The highest BCUT2D eigenvalue weighted by Gasteiger charge is 2.41. The van der Waals surface area contributed by atoms with Gasteiger partial charge in [0.15, 0.2) is 10.3 Å². The summed E-state index contributed by atoms with van der Waals surface area (Å²) in [7, 11) is 3.68. The van der Waals surface area contributed by atoms with Crippen LogP contribution >= 0.6 is 23.5 Å². The molecule has 2 amide bonds. The van der Waals surface area contributed by atoms with Crippen LogP contribution in [0.3, 0.4) is 0 Å². The SMILES string of the molecule is CCOc1ccc(N2C(=O)C(Sc3nccn3C)=C(Sc3nccn3C)C2=O)cc1. The second-order valence-electron chi connectivity index (χ2n) is 6.38. The zero-order valence-electron chi connectivity index (χ0n) is 16.6. The molecule has 10 heteroatoms. The first-order valence-corrected chi connectivity index (χ1v) is 10.8. The minimum Gasteiger partial charge on any atom is -0.494 e. The molecule has 1 aromatic carbocycles. The number of imide groups is 1. The van der Waals surface area contributed by atoms with Gasteiger partial charge in [-0.3, -0.25) is 9.59 Å². The highest BCUT2D eigenvalue weighted by Crippen LogP contribution is 2.43. The number of thioether (sulfide) groups is 2. The van der Waals surface area contributed by atoms with Crippen molar-refractivity contribution < 1.29 is 14.3 Å². The number of hydrogen-bond acceptors (Lipinski definition) is 7. The van der Waals surface area contributed by atoms with Gasteiger partial charge in [0.2, 0.25) is 0 Å². The first kappa shape index (κ1) is 20.3. The topological polar surface area (TPSA) is 82.2 Å². The Morgan fingerprint density at radius 3 is 1.77 bits per heavy atom. The lowest BCUT2D eigenvalue weighted by Crippen LogP contribution is -2.31. The number of carbonyl (C=O) groups is 2. The number of carbonyl (C=O) groups excluding carboxylic acids is 2. The van der Waals surface area contributed by atoms with Crippen LogP contribution in [0.15, 0.2) is 69.2 Å². The van der Waals surface area contributed by atoms with Crippen LogP contribution in [0, 0.1) is 0 Å². The van der Waals surface area contributed by atoms with Crippen LogP contribution in [0.2, 0.25) is 0 Å². The van der Waals surface area contributed by atoms with Crippen LogP contribution in [0.1, 0.15) is 6.92 Å². The Morgan fingerprint density at radius 2 is 1.37 bits per heavy atom. The molecule has 0 saturated carbocycles. The third kappa shape index (κ3) is 3.75. The minimum absolute atomic E-state index is 0.330. The zero-order valence-corrected chi connectivity index (χ0v) is 18.2. The average Bonchev–Trinajstić information content (AvgIpc) is 3.39. The number of rotatable bonds is 7. The predicted octanol–water partition coefficient (Wildman–Crippen LogP) is 3.22. The van der Waals surface area contributed by atoms with Gasteiger partial charge in [0, 0.05) is 38.9 Å². The Morgan fingerprint density at radius 1 is 0.867 bits per heavy atom. The molecular weight excluding hydrogens is 422 g/mol. The van der Waals surface area contributed by atoms with Gasteiger partial charge in [-0.15, -0.1) is 0 Å². The van der Waals surface area contributed by atoms with Crippen LogP contribution in [0.4, 0.5) is 5.69 Å². The summed E-state index contributed by atoms with van der Waals surface area (Å²) in [5.74, 6) is -0.0822. The molecule has 0 atom stereocenters. The van der Waals surface area contributed by atoms with E-state index in [-0.39, 0.29) is 11.8 Å². The molecule has 1 aliphatic heterocycles. The number of benzene rings is 1. The number of amides is 2. The van der Waals surface area contributed by atoms with Gasteiger partial charge in [-0.1, -0.05) is 0 Å². The summed E-state index contributed by atoms with van der Waals surface area (Å²) in [5.41, 5.74) is 0.488. The number of aromatic nitrogens is 4. The molecule has 30 heavy (non-hydrogen) atoms. The van der Waals surface area contributed by atoms with Crippen LogP contribution in [-0.2, 0) is 23.7 Å². The third-order valence-corrected chi connectivity index (χ3v) is 6.79. The maximum Gasteiger partial charge on any atom is 0.273 e. The third-order valence-electron chi connectivity index (χ3n) is 4.35. The molecular formula is C20H19N5O3S2. The lowest BCUT2D eigenvalue weighted by Gasteiger charge is -2.15. The van der Waals surface area contributed by atoms with Crippen molar-refractivity contribution in [2.75, 3.05) is 11.5 Å². The van der Waals surface area contributed by atoms with Crippen LogP contribution in [-0.4, -0.2) is 37.5 Å². The van der Waals surface area contributed by atoms with Gasteiger partial charge in [0.25, 0.3) is 11.8 Å². The number of hydrogen-bond donors (Lipinski definition) is 0. The smallest absolute Gasteiger partial charge is 0.273 e. The standard InChI is InChI=1S/C20H19N5O3S2/c1-4-28-14-7-5-13(6-8-14)25-17(26)15(29-19-21-9-11-23(19)2)16(18(25)27)30-20-22-10-12-24(20)3/h5-12H,4H2,1-3H3. The van der Waals surface area contributed by atoms with Gasteiger partial charge in [-0.05, 0) is 54.7 Å². The molecule has 1 aliphatic rings. The van der Waals surface area contributed by atoms with E-state index in [9.17, 15) is 9.59 Å². The summed E-state index contributed by atoms with van der Waals surface area (Å²) in [6, 6.07) is 6.90. The molecule has 0 saturated heterocycles. The highest BCUT2D eigenvalue weighted by atomic mass is 32.2. The molecule has 154 valence electrons. The van der Waals surface area contributed by atoms with E-state index in [0.29, 0.717) is 38.2 Å². The molecule has 2 aromatic heterocycles. The molecule has 8 nitrogen and oxygen atoms in total. The average molecular weight is 442 g/mol. The quantitative estimate of drug-likeness (QED) is 0.521. The molecule has 0 radical (unpaired) electrons. The Balaban J connectivity index is 1.71. The van der Waals surface area contributed by atoms with Crippen molar-refractivity contribution in [3.05, 3.63) is 58.9 Å². The van der Waals surface area contributed by atoms with E-state index in [2.05, 4.69) is 9.97 Å². The first-order chi connectivity index (χ1) is 14.5. The van der Waals surface area contributed by atoms with Gasteiger partial charge < -0.3 is 13.9 Å². The summed E-state index contributed by atoms with van der Waals surface area (Å²) >= 11 is 2.36. The summed E-state index contributed by atoms with van der Waals surface area (Å²) < 4.78 is 9.06. The van der Waals surface area contributed by atoms with E-state index in [4.69, 9.17) is 4.74 Å². The fourth-order valence-electron chi connectivity index (χ4n) is 2.85. The molecule has 0 N–H and O–H groups in total. The van der Waals surface area contributed by atoms with Crippen molar-refractivity contribution in [1.82, 2.24) is 19.1 Å². The minimum atomic E-state index is -0.381. The van der Waals surface area contributed by atoms with E-state index in [0.717, 1.165) is 0 Å². The van der Waals surface area contributed by atoms with Crippen molar-refractivity contribution in [2.24, 2.45) is 14.1 Å². The molecule has 3 aromatic rings. The summed E-state index contributed by atoms with van der Waals surface area (Å²) in [5, 5.41) is 1.25. The summed E-state index contributed by atoms with van der Waals surface area (Å²) in [6.45, 7) is 2.44. The molecule has 3 heterocycles. The van der Waals surface area contributed by atoms with Crippen LogP contribution in [0.5, 0.6) is 5.75 Å². The summed E-state index contributed by atoms with van der Waals surface area (Å²) in [4.78, 5) is 37.0. The van der Waals surface area contributed by atoms with E-state index in [1.54, 1.807) is 58.2 Å². The lowest BCUT2D eigenvalue weighted by molar-refractivity contribution is -0.120. The van der Waals surface area contributed by atoms with Crippen molar-refractivity contribution in [3.63, 3.8) is 0 Å². The summed E-state index contributed by atoms with van der Waals surface area (Å²) in [6.07, 6.45) is 6.89. The van der Waals surface area contributed by atoms with Gasteiger partial charge in [0.1, 0.15) is 15.6 Å². The predicted molar refractivity (Wildman–Crippen MR) is 115 cm³/mol. The largest absolute Gasteiger partial charge is 0.494 e. The number of ether oxygens (including phenoxy) is 1. The Kier molecular flexibility index (Phi) is 5.69. The molecule has 0 bridgehead atoms. The monoisotopic (exact) mass is 441 g/mol. The molecule has 0 unspecified atom stereocenters. The van der Waals surface area contributed by atoms with Gasteiger partial charge >= 0.3 is 0 Å². The van der Waals surface area contributed by atoms with Gasteiger partial charge in [-0.2, -0.15) is 0 Å². The number of nitrogens with zero attached hydrogens (tertiary/aromatic N) is 5. The number of imidazole rings is 2. The zero-order chi connectivity index (χ0) is 21.3. The Bertz CT molecular complexity index is 1070. The lowest BCUT2D eigenvalue weighted by atomic mass is 10.3. The van der Waals surface area contributed by atoms with Gasteiger partial charge in [0.05, 0.1) is 12.3 Å². The van der Waals surface area contributed by atoms with Crippen LogP contribution < -0.4 is 9.64 Å². The maximum atomic E-state index is 13.3. The van der Waals surface area contributed by atoms with Crippen molar-refractivity contribution in [3.8, 4) is 5.75 Å². The van der Waals surface area contributed by atoms with Gasteiger partial charge in [-0.25, -0.2) is 14.9 Å². The molecule has 4 rings (SSSR count). The van der Waals surface area contributed by atoms with Crippen LogP contribution in [0.25, 0.3) is 0 Å². The van der Waals surface area contributed by atoms with E-state index < -0.39 is 0 Å². The normalized spacial score (nSPS) is 14.2. The fraction of sp³-hybridized carbons (Fsp3) is 0.200. The van der Waals surface area contributed by atoms with E-state index in [1.165, 1.54) is 28.4 Å². The number of aryl methyl sites for hydroxylation is 2. The van der Waals surface area contributed by atoms with Crippen molar-refractivity contribution in [2.45, 2.75) is 17.2 Å². The fourth-order valence-corrected chi connectivity index (χ4v) is 4.81. The molecule has 0 spiro atoms. The second-order valence-corrected chi connectivity index (χ2v) is 8.33. The van der Waals surface area contributed by atoms with Crippen molar-refractivity contribution in [1.29, 1.82) is 0 Å². The molecule has 0 fully saturated rings. The van der Waals surface area contributed by atoms with Crippen molar-refractivity contribution >= 4 is 41.0 Å². The second kappa shape index (κ2) is 8.41. The Hall–Kier alpha value is -2.98. The maximum absolute atomic E-state index is 13.3. The van der Waals surface area contributed by atoms with E-state index >= 15 is 0 Å². The first-order valence-electron chi connectivity index (χ1n) is 9.16.